The normalized spacial score (nSPS) is 15.3. The van der Waals surface area contributed by atoms with E-state index < -0.39 is 0 Å². The van der Waals surface area contributed by atoms with Gasteiger partial charge in [-0.15, -0.1) is 0 Å². The van der Waals surface area contributed by atoms with Crippen molar-refractivity contribution in [3.05, 3.63) is 77.5 Å². The third-order valence-electron chi connectivity index (χ3n) is 6.51. The molecule has 184 valence electrons. The second kappa shape index (κ2) is 10.0. The van der Waals surface area contributed by atoms with Crippen molar-refractivity contribution >= 4 is 51.3 Å². The van der Waals surface area contributed by atoms with E-state index in [4.69, 9.17) is 16.3 Å². The van der Waals surface area contributed by atoms with Gasteiger partial charge in [-0.2, -0.15) is 0 Å². The number of benzene rings is 2. The van der Waals surface area contributed by atoms with Crippen LogP contribution in [0.4, 0.5) is 11.4 Å². The van der Waals surface area contributed by atoms with Crippen molar-refractivity contribution in [1.82, 2.24) is 15.2 Å². The summed E-state index contributed by atoms with van der Waals surface area (Å²) in [5.74, 6) is 0.520. The highest BCUT2D eigenvalue weighted by Crippen LogP contribution is 2.37. The fraction of sp³-hybridized carbons (Fsp3) is 0.250. The van der Waals surface area contributed by atoms with Gasteiger partial charge in [0.15, 0.2) is 0 Å². The maximum Gasteiger partial charge on any atom is 0.253 e. The number of hydrogen-bond acceptors (Lipinski definition) is 5. The zero-order valence-electron chi connectivity index (χ0n) is 20.0. The van der Waals surface area contributed by atoms with Gasteiger partial charge in [-0.05, 0) is 61.2 Å². The van der Waals surface area contributed by atoms with Gasteiger partial charge in [0.05, 0.1) is 23.2 Å². The molecule has 1 saturated carbocycles. The average Bonchev–Trinajstić information content (AvgIpc) is 3.71. The first-order chi connectivity index (χ1) is 17.5. The Labute approximate surface area is 214 Å². The van der Waals surface area contributed by atoms with Gasteiger partial charge in [-0.3, -0.25) is 14.6 Å². The van der Waals surface area contributed by atoms with E-state index in [0.717, 1.165) is 52.0 Å². The Morgan fingerprint density at radius 2 is 2.06 bits per heavy atom. The molecule has 0 atom stereocenters. The Bertz CT molecular complexity index is 1400. The van der Waals surface area contributed by atoms with Crippen molar-refractivity contribution in [1.29, 1.82) is 0 Å². The Balaban J connectivity index is 1.45. The van der Waals surface area contributed by atoms with Crippen LogP contribution in [0.3, 0.4) is 0 Å². The van der Waals surface area contributed by atoms with Crippen LogP contribution < -0.4 is 15.4 Å². The summed E-state index contributed by atoms with van der Waals surface area (Å²) in [7, 11) is 1.65. The highest BCUT2D eigenvalue weighted by molar-refractivity contribution is 6.34. The number of methoxy groups -OCH3 is 1. The standard InChI is InChI=1S/C28H27ClN4O3/c1-3-27(34)33-12-9-17(10-13-33)21-15-22-24(8-11-30-25(22)16-26(21)36-2)31-19-6-7-20(23(29)14-19)28(35)32-18-4-5-18/h3,6-9,11,14-16,18H,1,4-5,10,12-13H2,2H3,(H,30,31)(H,32,35). The Morgan fingerprint density at radius 1 is 1.22 bits per heavy atom. The number of anilines is 2. The predicted octanol–water partition coefficient (Wildman–Crippen LogP) is 5.33. The Morgan fingerprint density at radius 3 is 2.72 bits per heavy atom. The minimum atomic E-state index is -0.144. The van der Waals surface area contributed by atoms with E-state index in [-0.39, 0.29) is 17.9 Å². The fourth-order valence-corrected chi connectivity index (χ4v) is 4.64. The summed E-state index contributed by atoms with van der Waals surface area (Å²) in [5, 5.41) is 7.71. The van der Waals surface area contributed by atoms with Crippen molar-refractivity contribution in [2.45, 2.75) is 25.3 Å². The first-order valence-electron chi connectivity index (χ1n) is 11.9. The molecule has 0 radical (unpaired) electrons. The number of nitrogens with zero attached hydrogens (tertiary/aromatic N) is 2. The van der Waals surface area contributed by atoms with Crippen molar-refractivity contribution in [2.24, 2.45) is 0 Å². The molecular formula is C28H27ClN4O3. The zero-order valence-corrected chi connectivity index (χ0v) is 20.8. The van der Waals surface area contributed by atoms with Crippen LogP contribution in [0.15, 0.2) is 61.3 Å². The number of fused-ring (bicyclic) bond motifs is 1. The molecular weight excluding hydrogens is 476 g/mol. The molecule has 1 aromatic heterocycles. The molecule has 2 N–H and O–H groups in total. The molecule has 7 nitrogen and oxygen atoms in total. The van der Waals surface area contributed by atoms with Crippen molar-refractivity contribution in [3.63, 3.8) is 0 Å². The Hall–Kier alpha value is -3.84. The zero-order chi connectivity index (χ0) is 25.2. The summed E-state index contributed by atoms with van der Waals surface area (Å²) >= 11 is 6.45. The lowest BCUT2D eigenvalue weighted by Gasteiger charge is -2.26. The summed E-state index contributed by atoms with van der Waals surface area (Å²) in [6, 6.07) is 11.5. The van der Waals surface area contributed by atoms with Gasteiger partial charge >= 0.3 is 0 Å². The highest BCUT2D eigenvalue weighted by Gasteiger charge is 2.25. The minimum Gasteiger partial charge on any atom is -0.496 e. The number of aromatic nitrogens is 1. The van der Waals surface area contributed by atoms with Crippen molar-refractivity contribution in [3.8, 4) is 5.75 Å². The van der Waals surface area contributed by atoms with E-state index >= 15 is 0 Å². The number of ether oxygens (including phenoxy) is 1. The molecule has 1 aliphatic carbocycles. The van der Waals surface area contributed by atoms with Crippen LogP contribution in [-0.2, 0) is 4.79 Å². The molecule has 3 aromatic rings. The van der Waals surface area contributed by atoms with E-state index in [0.29, 0.717) is 30.1 Å². The SMILES string of the molecule is C=CC(=O)N1CC=C(c2cc3c(Nc4ccc(C(=O)NC5CC5)c(Cl)c4)ccnc3cc2OC)CC1. The van der Waals surface area contributed by atoms with Crippen molar-refractivity contribution in [2.75, 3.05) is 25.5 Å². The van der Waals surface area contributed by atoms with Gasteiger partial charge in [0.1, 0.15) is 5.75 Å². The third kappa shape index (κ3) is 4.93. The number of nitrogens with one attached hydrogen (secondary N) is 2. The molecule has 1 fully saturated rings. The molecule has 8 heteroatoms. The molecule has 2 heterocycles. The molecule has 0 unspecified atom stereocenters. The van der Waals surface area contributed by atoms with Crippen LogP contribution in [0, 0.1) is 0 Å². The van der Waals surface area contributed by atoms with Gasteiger partial charge in [0, 0.05) is 53.7 Å². The summed E-state index contributed by atoms with van der Waals surface area (Å²) in [6.07, 6.45) is 7.90. The van der Waals surface area contributed by atoms with E-state index in [1.165, 1.54) is 6.08 Å². The predicted molar refractivity (Wildman–Crippen MR) is 143 cm³/mol. The molecule has 5 rings (SSSR count). The highest BCUT2D eigenvalue weighted by atomic mass is 35.5. The number of halogens is 1. The first-order valence-corrected chi connectivity index (χ1v) is 12.3. The number of hydrogen-bond donors (Lipinski definition) is 2. The lowest BCUT2D eigenvalue weighted by Crippen LogP contribution is -2.33. The fourth-order valence-electron chi connectivity index (χ4n) is 4.37. The molecule has 2 aliphatic rings. The quantitative estimate of drug-likeness (QED) is 0.426. The van der Waals surface area contributed by atoms with Crippen LogP contribution in [0.25, 0.3) is 16.5 Å². The summed E-state index contributed by atoms with van der Waals surface area (Å²) in [4.78, 5) is 30.7. The molecule has 0 saturated heterocycles. The maximum atomic E-state index is 12.4. The van der Waals surface area contributed by atoms with Crippen LogP contribution in [0.2, 0.25) is 5.02 Å². The number of carbonyl (C=O) groups excluding carboxylic acids is 2. The molecule has 0 bridgehead atoms. The Kier molecular flexibility index (Phi) is 6.65. The monoisotopic (exact) mass is 502 g/mol. The van der Waals surface area contributed by atoms with Crippen LogP contribution in [-0.4, -0.2) is 47.9 Å². The van der Waals surface area contributed by atoms with E-state index in [1.54, 1.807) is 30.3 Å². The summed E-state index contributed by atoms with van der Waals surface area (Å²) in [6.45, 7) is 4.72. The lowest BCUT2D eigenvalue weighted by molar-refractivity contribution is -0.125. The van der Waals surface area contributed by atoms with Crippen LogP contribution in [0.5, 0.6) is 5.75 Å². The van der Waals surface area contributed by atoms with E-state index in [2.05, 4.69) is 34.3 Å². The van der Waals surface area contributed by atoms with E-state index in [9.17, 15) is 9.59 Å². The lowest BCUT2D eigenvalue weighted by atomic mass is 9.96. The molecule has 2 amide bonds. The van der Waals surface area contributed by atoms with Gasteiger partial charge in [-0.1, -0.05) is 24.3 Å². The number of amides is 2. The van der Waals surface area contributed by atoms with Gasteiger partial charge in [-0.25, -0.2) is 0 Å². The summed E-state index contributed by atoms with van der Waals surface area (Å²) in [5.41, 5.74) is 4.96. The largest absolute Gasteiger partial charge is 0.496 e. The third-order valence-corrected chi connectivity index (χ3v) is 6.82. The van der Waals surface area contributed by atoms with Crippen LogP contribution in [0.1, 0.15) is 35.2 Å². The molecule has 0 spiro atoms. The number of pyridine rings is 1. The molecule has 36 heavy (non-hydrogen) atoms. The summed E-state index contributed by atoms with van der Waals surface area (Å²) < 4.78 is 5.69. The number of carbonyl (C=O) groups is 2. The number of rotatable bonds is 7. The first kappa shape index (κ1) is 23.9. The molecule has 1 aliphatic heterocycles. The van der Waals surface area contributed by atoms with Crippen LogP contribution >= 0.6 is 11.6 Å². The average molecular weight is 503 g/mol. The van der Waals surface area contributed by atoms with E-state index in [1.807, 2.05) is 18.2 Å². The van der Waals surface area contributed by atoms with Gasteiger partial charge in [0.25, 0.3) is 5.91 Å². The second-order valence-corrected chi connectivity index (χ2v) is 9.37. The maximum absolute atomic E-state index is 12.4. The van der Waals surface area contributed by atoms with Crippen molar-refractivity contribution < 1.29 is 14.3 Å². The molecule has 2 aromatic carbocycles. The minimum absolute atomic E-state index is 0.0684. The topological polar surface area (TPSA) is 83.6 Å². The second-order valence-electron chi connectivity index (χ2n) is 8.96. The smallest absolute Gasteiger partial charge is 0.253 e. The van der Waals surface area contributed by atoms with Gasteiger partial charge < -0.3 is 20.3 Å². The van der Waals surface area contributed by atoms with Gasteiger partial charge in [0.2, 0.25) is 5.91 Å².